The van der Waals surface area contributed by atoms with E-state index in [-0.39, 0.29) is 10.7 Å². The molecule has 4 rings (SSSR count). The molecule has 0 aromatic heterocycles. The number of rotatable bonds is 7. The zero-order chi connectivity index (χ0) is 25.2. The van der Waals surface area contributed by atoms with Crippen LogP contribution in [0.25, 0.3) is 5.70 Å². The summed E-state index contributed by atoms with van der Waals surface area (Å²) in [5.41, 5.74) is 3.47. The SMILES string of the molecule is COc1ccc(C2OC(C)=C(C(C)=O)/C2=C(\NS(=O)(=O)c2ccc(C)cc2)c2ccccc2)cc1. The summed E-state index contributed by atoms with van der Waals surface area (Å²) in [4.78, 5) is 12.9. The number of methoxy groups -OCH3 is 1. The van der Waals surface area contributed by atoms with Gasteiger partial charge >= 0.3 is 0 Å². The smallest absolute Gasteiger partial charge is 0.261 e. The molecule has 0 amide bonds. The Kier molecular flexibility index (Phi) is 6.80. The molecular formula is C28H27NO5S. The Balaban J connectivity index is 1.94. The molecule has 1 atom stereocenters. The van der Waals surface area contributed by atoms with Crippen molar-refractivity contribution in [2.75, 3.05) is 7.11 Å². The molecule has 0 bridgehead atoms. The lowest BCUT2D eigenvalue weighted by atomic mass is 9.91. The van der Waals surface area contributed by atoms with E-state index in [1.807, 2.05) is 37.3 Å². The first-order valence-corrected chi connectivity index (χ1v) is 12.6. The third-order valence-corrected chi connectivity index (χ3v) is 7.21. The lowest BCUT2D eigenvalue weighted by molar-refractivity contribution is -0.113. The van der Waals surface area contributed by atoms with E-state index < -0.39 is 16.1 Å². The number of hydrogen-bond acceptors (Lipinski definition) is 5. The van der Waals surface area contributed by atoms with Gasteiger partial charge in [0.2, 0.25) is 0 Å². The number of sulfonamides is 1. The maximum atomic E-state index is 13.5. The van der Waals surface area contributed by atoms with Gasteiger partial charge in [-0.1, -0.05) is 60.2 Å². The fraction of sp³-hybridized carbons (Fsp3) is 0.179. The van der Waals surface area contributed by atoms with Crippen molar-refractivity contribution in [1.29, 1.82) is 0 Å². The Morgan fingerprint density at radius 1 is 0.914 bits per heavy atom. The van der Waals surface area contributed by atoms with Crippen LogP contribution in [-0.2, 0) is 19.6 Å². The molecule has 1 unspecified atom stereocenters. The summed E-state index contributed by atoms with van der Waals surface area (Å²) in [7, 11) is -2.38. The molecule has 1 aliphatic heterocycles. The van der Waals surface area contributed by atoms with Gasteiger partial charge in [-0.25, -0.2) is 8.42 Å². The maximum Gasteiger partial charge on any atom is 0.261 e. The normalized spacial score (nSPS) is 17.1. The molecule has 7 heteroatoms. The number of carbonyl (C=O) groups is 1. The molecule has 0 saturated carbocycles. The fourth-order valence-electron chi connectivity index (χ4n) is 4.11. The Morgan fingerprint density at radius 3 is 2.11 bits per heavy atom. The van der Waals surface area contributed by atoms with Crippen molar-refractivity contribution in [3.63, 3.8) is 0 Å². The van der Waals surface area contributed by atoms with Crippen LogP contribution >= 0.6 is 0 Å². The molecule has 0 fully saturated rings. The highest BCUT2D eigenvalue weighted by atomic mass is 32.2. The van der Waals surface area contributed by atoms with Gasteiger partial charge < -0.3 is 9.47 Å². The first-order chi connectivity index (χ1) is 16.7. The van der Waals surface area contributed by atoms with E-state index in [1.54, 1.807) is 62.6 Å². The molecule has 1 heterocycles. The number of allylic oxidation sites excluding steroid dienone is 1. The second kappa shape index (κ2) is 9.80. The lowest BCUT2D eigenvalue weighted by Gasteiger charge is -2.21. The molecule has 0 spiro atoms. The summed E-state index contributed by atoms with van der Waals surface area (Å²) in [5, 5.41) is 0. The van der Waals surface area contributed by atoms with Gasteiger partial charge in [0.05, 0.1) is 23.3 Å². The van der Waals surface area contributed by atoms with Crippen molar-refractivity contribution < 1.29 is 22.7 Å². The molecular weight excluding hydrogens is 462 g/mol. The maximum absolute atomic E-state index is 13.5. The number of ketones is 1. The molecule has 1 N–H and O–H groups in total. The van der Waals surface area contributed by atoms with Crippen LogP contribution in [0.3, 0.4) is 0 Å². The molecule has 0 aliphatic carbocycles. The topological polar surface area (TPSA) is 81.7 Å². The second-order valence-electron chi connectivity index (χ2n) is 8.33. The highest BCUT2D eigenvalue weighted by molar-refractivity contribution is 7.89. The van der Waals surface area contributed by atoms with E-state index in [4.69, 9.17) is 9.47 Å². The minimum atomic E-state index is -3.96. The molecule has 3 aromatic carbocycles. The van der Waals surface area contributed by atoms with Crippen LogP contribution in [-0.4, -0.2) is 21.3 Å². The van der Waals surface area contributed by atoms with E-state index in [1.165, 1.54) is 6.92 Å². The third kappa shape index (κ3) is 5.00. The third-order valence-electron chi connectivity index (χ3n) is 5.85. The fourth-order valence-corrected chi connectivity index (χ4v) is 5.22. The van der Waals surface area contributed by atoms with Gasteiger partial charge in [0.25, 0.3) is 10.0 Å². The zero-order valence-corrected chi connectivity index (χ0v) is 20.8. The average Bonchev–Trinajstić information content (AvgIpc) is 3.20. The number of carbonyl (C=O) groups excluding carboxylic acids is 1. The van der Waals surface area contributed by atoms with Crippen molar-refractivity contribution in [2.24, 2.45) is 0 Å². The Labute approximate surface area is 206 Å². The summed E-state index contributed by atoms with van der Waals surface area (Å²) in [6.45, 7) is 5.07. The van der Waals surface area contributed by atoms with Gasteiger partial charge in [0.15, 0.2) is 11.9 Å². The zero-order valence-electron chi connectivity index (χ0n) is 20.0. The summed E-state index contributed by atoms with van der Waals surface area (Å²) >= 11 is 0. The first-order valence-electron chi connectivity index (χ1n) is 11.1. The predicted molar refractivity (Wildman–Crippen MR) is 135 cm³/mol. The van der Waals surface area contributed by atoms with Crippen molar-refractivity contribution >= 4 is 21.5 Å². The van der Waals surface area contributed by atoms with E-state index in [0.717, 1.165) is 11.1 Å². The van der Waals surface area contributed by atoms with Crippen molar-refractivity contribution in [2.45, 2.75) is 31.8 Å². The van der Waals surface area contributed by atoms with Crippen LogP contribution in [0.15, 0.2) is 101 Å². The minimum absolute atomic E-state index is 0.127. The predicted octanol–water partition coefficient (Wildman–Crippen LogP) is 5.33. The number of nitrogens with one attached hydrogen (secondary N) is 1. The van der Waals surface area contributed by atoms with Crippen LogP contribution in [0.4, 0.5) is 0 Å². The summed E-state index contributed by atoms with van der Waals surface area (Å²) in [6, 6.07) is 23.0. The summed E-state index contributed by atoms with van der Waals surface area (Å²) < 4.78 is 41.1. The number of benzene rings is 3. The average molecular weight is 490 g/mol. The molecule has 35 heavy (non-hydrogen) atoms. The minimum Gasteiger partial charge on any atom is -0.497 e. The highest BCUT2D eigenvalue weighted by Crippen LogP contribution is 2.45. The van der Waals surface area contributed by atoms with E-state index in [9.17, 15) is 13.2 Å². The van der Waals surface area contributed by atoms with Gasteiger partial charge in [0, 0.05) is 5.57 Å². The van der Waals surface area contributed by atoms with Crippen LogP contribution in [0.1, 0.15) is 36.6 Å². The lowest BCUT2D eigenvalue weighted by Crippen LogP contribution is -2.25. The second-order valence-corrected chi connectivity index (χ2v) is 10.0. The molecule has 3 aromatic rings. The van der Waals surface area contributed by atoms with E-state index in [0.29, 0.717) is 33.9 Å². The molecule has 0 saturated heterocycles. The van der Waals surface area contributed by atoms with E-state index in [2.05, 4.69) is 4.72 Å². The van der Waals surface area contributed by atoms with Gasteiger partial charge in [0.1, 0.15) is 11.5 Å². The van der Waals surface area contributed by atoms with Crippen molar-refractivity contribution in [3.8, 4) is 5.75 Å². The quantitative estimate of drug-likeness (QED) is 0.485. The van der Waals surface area contributed by atoms with Crippen molar-refractivity contribution in [1.82, 2.24) is 4.72 Å². The molecule has 6 nitrogen and oxygen atoms in total. The number of ether oxygens (including phenoxy) is 2. The summed E-state index contributed by atoms with van der Waals surface area (Å²) in [6.07, 6.45) is -0.685. The summed E-state index contributed by atoms with van der Waals surface area (Å²) in [5.74, 6) is 0.907. The van der Waals surface area contributed by atoms with Crippen LogP contribution in [0.2, 0.25) is 0 Å². The number of aryl methyl sites for hydroxylation is 1. The molecule has 0 radical (unpaired) electrons. The number of Topliss-reactive ketones (excluding diaryl/α,β-unsaturated/α-hetero) is 1. The van der Waals surface area contributed by atoms with Crippen LogP contribution in [0, 0.1) is 6.92 Å². The van der Waals surface area contributed by atoms with Gasteiger partial charge in [-0.15, -0.1) is 0 Å². The largest absolute Gasteiger partial charge is 0.497 e. The Hall–Kier alpha value is -3.84. The number of hydrogen-bond donors (Lipinski definition) is 1. The van der Waals surface area contributed by atoms with Gasteiger partial charge in [-0.3, -0.25) is 9.52 Å². The van der Waals surface area contributed by atoms with Gasteiger partial charge in [-0.2, -0.15) is 0 Å². The highest BCUT2D eigenvalue weighted by Gasteiger charge is 2.37. The standard InChI is InChI=1S/C28H27NO5S/c1-18-10-16-24(17-11-18)35(31,32)29-27(21-8-6-5-7-9-21)26-25(19(2)30)20(3)34-28(26)22-12-14-23(33-4)15-13-22/h5-17,28-29H,1-4H3/b27-26+. The molecule has 180 valence electrons. The van der Waals surface area contributed by atoms with Crippen molar-refractivity contribution in [3.05, 3.63) is 112 Å². The first kappa shape index (κ1) is 24.3. The van der Waals surface area contributed by atoms with Crippen LogP contribution < -0.4 is 9.46 Å². The monoisotopic (exact) mass is 489 g/mol. The Morgan fingerprint density at radius 2 is 1.54 bits per heavy atom. The van der Waals surface area contributed by atoms with Gasteiger partial charge in [-0.05, 0) is 56.2 Å². The molecule has 1 aliphatic rings. The van der Waals surface area contributed by atoms with Crippen LogP contribution in [0.5, 0.6) is 5.75 Å². The Bertz CT molecular complexity index is 1400. The van der Waals surface area contributed by atoms with E-state index >= 15 is 0 Å².